The fourth-order valence-corrected chi connectivity index (χ4v) is 3.54. The second kappa shape index (κ2) is 5.67. The van der Waals surface area contributed by atoms with Crippen LogP contribution in [0.4, 0.5) is 4.79 Å². The Morgan fingerprint density at radius 1 is 1.04 bits per heavy atom. The number of hydrogen-bond donors (Lipinski definition) is 1. The van der Waals surface area contributed by atoms with E-state index in [4.69, 9.17) is 9.84 Å². The van der Waals surface area contributed by atoms with E-state index in [1.54, 1.807) is 0 Å². The van der Waals surface area contributed by atoms with Gasteiger partial charge in [-0.15, -0.1) is 0 Å². The molecule has 1 amide bonds. The Morgan fingerprint density at radius 2 is 1.62 bits per heavy atom. The summed E-state index contributed by atoms with van der Waals surface area (Å²) in [6.07, 6.45) is -0.0602. The molecule has 0 bridgehead atoms. The highest BCUT2D eigenvalue weighted by Crippen LogP contribution is 2.44. The third-order valence-corrected chi connectivity index (χ3v) is 4.88. The first-order chi connectivity index (χ1) is 11.7. The first-order valence-corrected chi connectivity index (χ1v) is 8.01. The van der Waals surface area contributed by atoms with E-state index in [1.807, 2.05) is 24.3 Å². The summed E-state index contributed by atoms with van der Waals surface area (Å²) >= 11 is 0. The number of likely N-dealkylation sites (tertiary alicyclic amines) is 1. The van der Waals surface area contributed by atoms with E-state index in [9.17, 15) is 9.59 Å². The van der Waals surface area contributed by atoms with Crippen LogP contribution in [-0.4, -0.2) is 41.3 Å². The van der Waals surface area contributed by atoms with Crippen molar-refractivity contribution in [3.05, 3.63) is 59.7 Å². The number of benzene rings is 2. The van der Waals surface area contributed by atoms with Gasteiger partial charge in [-0.2, -0.15) is 0 Å². The molecular weight excluding hydrogens is 306 g/mol. The summed E-state index contributed by atoms with van der Waals surface area (Å²) in [6.45, 7) is 0.656. The Morgan fingerprint density at radius 3 is 2.12 bits per heavy atom. The van der Waals surface area contributed by atoms with Crippen LogP contribution in [0, 0.1) is 0 Å². The molecule has 0 aromatic heterocycles. The van der Waals surface area contributed by atoms with Crippen molar-refractivity contribution in [2.24, 2.45) is 0 Å². The average Bonchev–Trinajstić information content (AvgIpc) is 2.85. The number of amides is 1. The lowest BCUT2D eigenvalue weighted by atomic mass is 9.98. The van der Waals surface area contributed by atoms with Gasteiger partial charge in [-0.1, -0.05) is 48.5 Å². The van der Waals surface area contributed by atoms with Gasteiger partial charge in [0.15, 0.2) is 0 Å². The maximum atomic E-state index is 12.2. The fraction of sp³-hybridized carbons (Fsp3) is 0.263. The summed E-state index contributed by atoms with van der Waals surface area (Å²) in [7, 11) is 0. The lowest BCUT2D eigenvalue weighted by Crippen LogP contribution is -2.55. The monoisotopic (exact) mass is 323 g/mol. The molecule has 5 heteroatoms. The van der Waals surface area contributed by atoms with Crippen molar-refractivity contribution < 1.29 is 19.4 Å². The zero-order valence-corrected chi connectivity index (χ0v) is 13.0. The van der Waals surface area contributed by atoms with Crippen LogP contribution in [0.2, 0.25) is 0 Å². The minimum atomic E-state index is -0.977. The third kappa shape index (κ3) is 2.24. The molecule has 4 rings (SSSR count). The largest absolute Gasteiger partial charge is 0.480 e. The minimum absolute atomic E-state index is 0.00842. The van der Waals surface area contributed by atoms with Gasteiger partial charge in [0, 0.05) is 12.5 Å². The zero-order valence-electron chi connectivity index (χ0n) is 13.0. The number of carbonyl (C=O) groups excluding carboxylic acids is 1. The predicted molar refractivity (Wildman–Crippen MR) is 87.8 cm³/mol. The highest BCUT2D eigenvalue weighted by atomic mass is 16.6. The highest BCUT2D eigenvalue weighted by Gasteiger charge is 2.39. The van der Waals surface area contributed by atoms with Gasteiger partial charge in [0.2, 0.25) is 0 Å². The second-order valence-electron chi connectivity index (χ2n) is 6.14. The van der Waals surface area contributed by atoms with Gasteiger partial charge in [0.1, 0.15) is 12.6 Å². The Kier molecular flexibility index (Phi) is 3.49. The molecule has 2 aliphatic rings. The number of rotatable bonds is 3. The van der Waals surface area contributed by atoms with Crippen molar-refractivity contribution in [2.75, 3.05) is 13.2 Å². The van der Waals surface area contributed by atoms with Gasteiger partial charge >= 0.3 is 12.1 Å². The molecule has 1 fully saturated rings. The van der Waals surface area contributed by atoms with E-state index in [2.05, 4.69) is 24.3 Å². The van der Waals surface area contributed by atoms with Crippen molar-refractivity contribution in [1.82, 2.24) is 4.90 Å². The lowest BCUT2D eigenvalue weighted by molar-refractivity contribution is -0.146. The van der Waals surface area contributed by atoms with Crippen LogP contribution in [0.1, 0.15) is 23.5 Å². The quantitative estimate of drug-likeness (QED) is 0.942. The van der Waals surface area contributed by atoms with Crippen LogP contribution in [0.3, 0.4) is 0 Å². The summed E-state index contributed by atoms with van der Waals surface area (Å²) in [5, 5.41) is 9.04. The van der Waals surface area contributed by atoms with E-state index in [-0.39, 0.29) is 12.5 Å². The smallest absolute Gasteiger partial charge is 0.410 e. The molecule has 0 saturated carbocycles. The van der Waals surface area contributed by atoms with E-state index in [1.165, 1.54) is 16.0 Å². The molecule has 1 saturated heterocycles. The molecule has 1 unspecified atom stereocenters. The van der Waals surface area contributed by atoms with Crippen molar-refractivity contribution >= 4 is 12.1 Å². The molecular formula is C19H17NO4. The van der Waals surface area contributed by atoms with Crippen LogP contribution >= 0.6 is 0 Å². The molecule has 0 spiro atoms. The molecule has 1 aliphatic heterocycles. The molecule has 0 radical (unpaired) electrons. The molecule has 1 N–H and O–H groups in total. The molecule has 1 atom stereocenters. The molecule has 5 nitrogen and oxygen atoms in total. The lowest BCUT2D eigenvalue weighted by Gasteiger charge is -2.37. The van der Waals surface area contributed by atoms with Crippen molar-refractivity contribution in [1.29, 1.82) is 0 Å². The van der Waals surface area contributed by atoms with Gasteiger partial charge in [-0.05, 0) is 28.7 Å². The van der Waals surface area contributed by atoms with Crippen molar-refractivity contribution in [3.63, 3.8) is 0 Å². The SMILES string of the molecule is O=C(O)C1CCN1C(=O)OCC1c2ccccc2-c2ccccc21. The Hall–Kier alpha value is -2.82. The van der Waals surface area contributed by atoms with Crippen molar-refractivity contribution in [2.45, 2.75) is 18.4 Å². The third-order valence-electron chi connectivity index (χ3n) is 4.88. The summed E-state index contributed by atoms with van der Waals surface area (Å²) < 4.78 is 5.45. The van der Waals surface area contributed by atoms with Crippen molar-refractivity contribution in [3.8, 4) is 11.1 Å². The number of hydrogen-bond acceptors (Lipinski definition) is 3. The second-order valence-corrected chi connectivity index (χ2v) is 6.14. The molecule has 1 heterocycles. The summed E-state index contributed by atoms with van der Waals surface area (Å²) in [5.74, 6) is -0.985. The first-order valence-electron chi connectivity index (χ1n) is 8.01. The van der Waals surface area contributed by atoms with Crippen LogP contribution < -0.4 is 0 Å². The predicted octanol–water partition coefficient (Wildman–Crippen LogP) is 3.09. The van der Waals surface area contributed by atoms with Gasteiger partial charge in [-0.3, -0.25) is 4.90 Å². The maximum Gasteiger partial charge on any atom is 0.410 e. The number of carboxylic acid groups (broad SMARTS) is 1. The normalized spacial score (nSPS) is 18.5. The number of carbonyl (C=O) groups is 2. The minimum Gasteiger partial charge on any atom is -0.480 e. The van der Waals surface area contributed by atoms with Gasteiger partial charge in [-0.25, -0.2) is 9.59 Å². The first kappa shape index (κ1) is 14.8. The van der Waals surface area contributed by atoms with Crippen LogP contribution in [-0.2, 0) is 9.53 Å². The number of carboxylic acids is 1. The summed E-state index contributed by atoms with van der Waals surface area (Å²) in [6, 6.07) is 15.5. The van der Waals surface area contributed by atoms with E-state index < -0.39 is 18.1 Å². The molecule has 1 aliphatic carbocycles. The van der Waals surface area contributed by atoms with E-state index >= 15 is 0 Å². The summed E-state index contributed by atoms with van der Waals surface area (Å²) in [5.41, 5.74) is 4.62. The van der Waals surface area contributed by atoms with Gasteiger partial charge in [0.25, 0.3) is 0 Å². The van der Waals surface area contributed by atoms with Gasteiger partial charge < -0.3 is 9.84 Å². The maximum absolute atomic E-state index is 12.2. The molecule has 2 aromatic carbocycles. The number of fused-ring (bicyclic) bond motifs is 3. The van der Waals surface area contributed by atoms with E-state index in [0.717, 1.165) is 11.1 Å². The van der Waals surface area contributed by atoms with Gasteiger partial charge in [0.05, 0.1) is 0 Å². The zero-order chi connectivity index (χ0) is 16.7. The van der Waals surface area contributed by atoms with Crippen LogP contribution in [0.15, 0.2) is 48.5 Å². The summed E-state index contributed by atoms with van der Waals surface area (Å²) in [4.78, 5) is 24.5. The number of ether oxygens (including phenoxy) is 1. The number of aliphatic carboxylic acids is 1. The molecule has 2 aromatic rings. The average molecular weight is 323 g/mol. The number of nitrogens with zero attached hydrogens (tertiary/aromatic N) is 1. The standard InChI is InChI=1S/C19H17NO4/c21-18(22)17-9-10-20(17)19(23)24-11-16-14-7-3-1-5-12(14)13-6-2-4-8-15(13)16/h1-8,16-17H,9-11H2,(H,21,22). The van der Waals surface area contributed by atoms with E-state index in [0.29, 0.717) is 13.0 Å². The highest BCUT2D eigenvalue weighted by molar-refractivity contribution is 5.82. The molecule has 24 heavy (non-hydrogen) atoms. The van der Waals surface area contributed by atoms with Crippen LogP contribution in [0.5, 0.6) is 0 Å². The Balaban J connectivity index is 1.53. The fourth-order valence-electron chi connectivity index (χ4n) is 3.54. The topological polar surface area (TPSA) is 66.8 Å². The molecule has 122 valence electrons. The van der Waals surface area contributed by atoms with Crippen LogP contribution in [0.25, 0.3) is 11.1 Å². The Labute approximate surface area is 139 Å². The Bertz CT molecular complexity index is 771.